The predicted molar refractivity (Wildman–Crippen MR) is 95.6 cm³/mol. The first-order chi connectivity index (χ1) is 11.3. The Kier molecular flexibility index (Phi) is 3.69. The van der Waals surface area contributed by atoms with E-state index in [-0.39, 0.29) is 6.04 Å². The molecule has 0 bridgehead atoms. The zero-order valence-electron chi connectivity index (χ0n) is 13.1. The molecule has 2 N–H and O–H groups in total. The molecule has 4 rings (SSSR count). The summed E-state index contributed by atoms with van der Waals surface area (Å²) in [5, 5.41) is 7.71. The van der Waals surface area contributed by atoms with Gasteiger partial charge in [-0.05, 0) is 53.9 Å². The smallest absolute Gasteiger partial charge is 0.167 e. The Bertz CT molecular complexity index is 728. The van der Waals surface area contributed by atoms with Gasteiger partial charge in [-0.3, -0.25) is 0 Å². The summed E-state index contributed by atoms with van der Waals surface area (Å²) >= 11 is 5.48. The summed E-state index contributed by atoms with van der Waals surface area (Å²) in [6, 6.07) is 17.6. The first-order valence-corrected chi connectivity index (χ1v) is 8.46. The number of ether oxygens (including phenoxy) is 1. The third kappa shape index (κ3) is 2.57. The molecular weight excluding hydrogens is 304 g/mol. The molecule has 4 heteroatoms. The van der Waals surface area contributed by atoms with Crippen LogP contribution in [0.5, 0.6) is 5.75 Å². The van der Waals surface area contributed by atoms with Crippen molar-refractivity contribution in [2.24, 2.45) is 5.92 Å². The quantitative estimate of drug-likeness (QED) is 0.828. The molecule has 1 aliphatic heterocycles. The lowest BCUT2D eigenvalue weighted by Gasteiger charge is -2.44. The lowest BCUT2D eigenvalue weighted by Crippen LogP contribution is -2.53. The molecule has 0 saturated carbocycles. The van der Waals surface area contributed by atoms with E-state index in [0.717, 1.165) is 23.7 Å². The van der Waals surface area contributed by atoms with E-state index in [1.165, 1.54) is 16.7 Å². The van der Waals surface area contributed by atoms with E-state index in [9.17, 15) is 0 Å². The third-order valence-corrected chi connectivity index (χ3v) is 5.28. The topological polar surface area (TPSA) is 33.3 Å². The van der Waals surface area contributed by atoms with Crippen molar-refractivity contribution >= 4 is 17.3 Å². The van der Waals surface area contributed by atoms with Gasteiger partial charge < -0.3 is 15.4 Å². The average Bonchev–Trinajstić information content (AvgIpc) is 2.61. The van der Waals surface area contributed by atoms with Crippen LogP contribution < -0.4 is 15.4 Å². The van der Waals surface area contributed by atoms with Gasteiger partial charge in [0, 0.05) is 5.92 Å². The molecule has 0 unspecified atom stereocenters. The Morgan fingerprint density at radius 1 is 1.00 bits per heavy atom. The molecule has 118 valence electrons. The molecule has 1 saturated heterocycles. The lowest BCUT2D eigenvalue weighted by molar-refractivity contribution is 0.257. The van der Waals surface area contributed by atoms with E-state index in [1.807, 2.05) is 12.1 Å². The summed E-state index contributed by atoms with van der Waals surface area (Å²) in [5.41, 5.74) is 4.11. The van der Waals surface area contributed by atoms with Gasteiger partial charge in [0.2, 0.25) is 0 Å². The number of nitrogens with one attached hydrogen (secondary N) is 2. The summed E-state index contributed by atoms with van der Waals surface area (Å²) in [6.07, 6.45) is 2.28. The van der Waals surface area contributed by atoms with Crippen LogP contribution in [-0.4, -0.2) is 12.2 Å². The zero-order valence-corrected chi connectivity index (χ0v) is 13.9. The van der Waals surface area contributed by atoms with E-state index in [1.54, 1.807) is 7.11 Å². The molecule has 1 aliphatic carbocycles. The molecular formula is C19H20N2OS. The molecule has 0 aromatic heterocycles. The Hall–Kier alpha value is -2.07. The van der Waals surface area contributed by atoms with Gasteiger partial charge in [0.15, 0.2) is 5.11 Å². The molecule has 23 heavy (non-hydrogen) atoms. The van der Waals surface area contributed by atoms with Gasteiger partial charge in [-0.15, -0.1) is 0 Å². The van der Waals surface area contributed by atoms with Crippen LogP contribution in [0, 0.1) is 5.92 Å². The van der Waals surface area contributed by atoms with E-state index < -0.39 is 0 Å². The highest BCUT2D eigenvalue weighted by Gasteiger charge is 2.39. The number of aryl methyl sites for hydroxylation is 1. The Balaban J connectivity index is 1.70. The third-order valence-electron chi connectivity index (χ3n) is 5.04. The van der Waals surface area contributed by atoms with Crippen molar-refractivity contribution in [1.29, 1.82) is 0 Å². The lowest BCUT2D eigenvalue weighted by atomic mass is 9.73. The van der Waals surface area contributed by atoms with Crippen molar-refractivity contribution in [2.75, 3.05) is 7.11 Å². The predicted octanol–water partition coefficient (Wildman–Crippen LogP) is 3.52. The monoisotopic (exact) mass is 324 g/mol. The fourth-order valence-electron chi connectivity index (χ4n) is 3.90. The molecule has 0 amide bonds. The van der Waals surface area contributed by atoms with E-state index in [0.29, 0.717) is 12.0 Å². The number of fused-ring (bicyclic) bond motifs is 3. The van der Waals surface area contributed by atoms with Gasteiger partial charge in [-0.2, -0.15) is 0 Å². The van der Waals surface area contributed by atoms with Gasteiger partial charge in [0.25, 0.3) is 0 Å². The normalized spacial score (nSPS) is 25.6. The molecule has 1 heterocycles. The second kappa shape index (κ2) is 5.85. The van der Waals surface area contributed by atoms with E-state index in [4.69, 9.17) is 17.0 Å². The highest BCUT2D eigenvalue weighted by molar-refractivity contribution is 7.80. The van der Waals surface area contributed by atoms with Gasteiger partial charge >= 0.3 is 0 Å². The van der Waals surface area contributed by atoms with E-state index in [2.05, 4.69) is 47.0 Å². The van der Waals surface area contributed by atoms with E-state index >= 15 is 0 Å². The van der Waals surface area contributed by atoms with Crippen LogP contribution in [0.15, 0.2) is 48.5 Å². The molecule has 0 radical (unpaired) electrons. The van der Waals surface area contributed by atoms with Crippen molar-refractivity contribution in [1.82, 2.24) is 10.6 Å². The first-order valence-electron chi connectivity index (χ1n) is 8.05. The van der Waals surface area contributed by atoms with Crippen LogP contribution >= 0.6 is 12.2 Å². The number of methoxy groups -OCH3 is 1. The maximum absolute atomic E-state index is 5.48. The van der Waals surface area contributed by atoms with Crippen molar-refractivity contribution in [2.45, 2.75) is 24.9 Å². The van der Waals surface area contributed by atoms with Gasteiger partial charge in [-0.1, -0.05) is 36.4 Å². The molecule has 0 spiro atoms. The van der Waals surface area contributed by atoms with Crippen molar-refractivity contribution in [3.05, 3.63) is 65.2 Å². The Morgan fingerprint density at radius 2 is 1.74 bits per heavy atom. The minimum atomic E-state index is 0.244. The van der Waals surface area contributed by atoms with Crippen molar-refractivity contribution in [3.63, 3.8) is 0 Å². The number of benzene rings is 2. The summed E-state index contributed by atoms with van der Waals surface area (Å²) < 4.78 is 5.27. The average molecular weight is 324 g/mol. The maximum atomic E-state index is 5.48. The maximum Gasteiger partial charge on any atom is 0.167 e. The Labute approximate surface area is 142 Å². The van der Waals surface area contributed by atoms with Gasteiger partial charge in [0.05, 0.1) is 19.2 Å². The first kappa shape index (κ1) is 14.5. The number of rotatable bonds is 2. The fourth-order valence-corrected chi connectivity index (χ4v) is 4.16. The molecule has 3 atom stereocenters. The van der Waals surface area contributed by atoms with Crippen LogP contribution in [0.2, 0.25) is 0 Å². The summed E-state index contributed by atoms with van der Waals surface area (Å²) in [6.45, 7) is 0. The Morgan fingerprint density at radius 3 is 2.52 bits per heavy atom. The van der Waals surface area contributed by atoms with Crippen LogP contribution in [-0.2, 0) is 6.42 Å². The van der Waals surface area contributed by atoms with Crippen LogP contribution in [0.4, 0.5) is 0 Å². The number of hydrogen-bond donors (Lipinski definition) is 2. The van der Waals surface area contributed by atoms with Crippen LogP contribution in [0.25, 0.3) is 0 Å². The summed E-state index contributed by atoms with van der Waals surface area (Å²) in [5.74, 6) is 1.38. The van der Waals surface area contributed by atoms with Crippen molar-refractivity contribution < 1.29 is 4.74 Å². The molecule has 2 aliphatic rings. The van der Waals surface area contributed by atoms with Gasteiger partial charge in [-0.25, -0.2) is 0 Å². The molecule has 2 aromatic carbocycles. The molecule has 1 fully saturated rings. The zero-order chi connectivity index (χ0) is 15.8. The fraction of sp³-hybridized carbons (Fsp3) is 0.316. The highest BCUT2D eigenvalue weighted by atomic mass is 32.1. The minimum Gasteiger partial charge on any atom is -0.497 e. The second-order valence-electron chi connectivity index (χ2n) is 6.25. The minimum absolute atomic E-state index is 0.244. The highest BCUT2D eigenvalue weighted by Crippen LogP contribution is 2.43. The number of hydrogen-bond acceptors (Lipinski definition) is 2. The summed E-state index contributed by atoms with van der Waals surface area (Å²) in [7, 11) is 1.70. The van der Waals surface area contributed by atoms with Gasteiger partial charge in [0.1, 0.15) is 5.75 Å². The summed E-state index contributed by atoms with van der Waals surface area (Å²) in [4.78, 5) is 0. The molecule has 3 nitrogen and oxygen atoms in total. The largest absolute Gasteiger partial charge is 0.497 e. The molecule has 2 aromatic rings. The second-order valence-corrected chi connectivity index (χ2v) is 6.66. The SMILES string of the molecule is COc1ccc([C@@H]2NC(=S)N[C@@H]3c4ccccc4CC[C@@H]32)cc1. The van der Waals surface area contributed by atoms with Crippen LogP contribution in [0.3, 0.4) is 0 Å². The number of thiocarbonyl (C=S) groups is 1. The van der Waals surface area contributed by atoms with Crippen molar-refractivity contribution in [3.8, 4) is 5.75 Å². The standard InChI is InChI=1S/C19H20N2OS/c1-22-14-9-6-13(7-10-14)17-16-11-8-12-4-2-3-5-15(12)18(16)21-19(23)20-17/h2-7,9-10,16-18H,8,11H2,1H3,(H2,20,21,23)/t16-,17+,18-/m1/s1. The van der Waals surface area contributed by atoms with Crippen LogP contribution in [0.1, 0.15) is 35.2 Å².